The topological polar surface area (TPSA) is 55.6 Å². The van der Waals surface area contributed by atoms with Crippen molar-refractivity contribution in [3.05, 3.63) is 0 Å². The molecule has 0 bridgehead atoms. The molecular formula is C3H7N5. The van der Waals surface area contributed by atoms with E-state index in [0.29, 0.717) is 5.95 Å². The highest BCUT2D eigenvalue weighted by Gasteiger charge is 1.90. The van der Waals surface area contributed by atoms with Gasteiger partial charge in [0.1, 0.15) is 0 Å². The van der Waals surface area contributed by atoms with Gasteiger partial charge in [-0.25, -0.2) is 0 Å². The second-order valence-electron chi connectivity index (χ2n) is 1.35. The van der Waals surface area contributed by atoms with Gasteiger partial charge in [-0.05, 0) is 5.21 Å². The molecule has 0 saturated heterocycles. The second kappa shape index (κ2) is 1.77. The highest BCUT2D eigenvalue weighted by Crippen LogP contribution is 1.85. The van der Waals surface area contributed by atoms with Crippen LogP contribution in [0, 0.1) is 0 Å². The minimum atomic E-state index is 0.549. The summed E-state index contributed by atoms with van der Waals surface area (Å²) >= 11 is 0. The van der Waals surface area contributed by atoms with Crippen molar-refractivity contribution in [1.29, 1.82) is 0 Å². The van der Waals surface area contributed by atoms with Gasteiger partial charge in [0.25, 0.3) is 5.95 Å². The van der Waals surface area contributed by atoms with Gasteiger partial charge in [-0.3, -0.25) is 0 Å². The van der Waals surface area contributed by atoms with E-state index in [2.05, 4.69) is 20.7 Å². The zero-order valence-electron chi connectivity index (χ0n) is 4.79. The number of hydrogen-bond donors (Lipinski definition) is 1. The van der Waals surface area contributed by atoms with Crippen LogP contribution < -0.4 is 5.32 Å². The molecule has 1 aromatic heterocycles. The lowest BCUT2D eigenvalue weighted by molar-refractivity contribution is 0.630. The van der Waals surface area contributed by atoms with Crippen molar-refractivity contribution in [2.75, 3.05) is 12.4 Å². The Balaban J connectivity index is 2.84. The number of anilines is 1. The van der Waals surface area contributed by atoms with E-state index in [4.69, 9.17) is 0 Å². The third kappa shape index (κ3) is 0.749. The van der Waals surface area contributed by atoms with Gasteiger partial charge in [-0.1, -0.05) is 5.10 Å². The summed E-state index contributed by atoms with van der Waals surface area (Å²) in [6.07, 6.45) is 0. The van der Waals surface area contributed by atoms with E-state index in [-0.39, 0.29) is 0 Å². The van der Waals surface area contributed by atoms with Gasteiger partial charge < -0.3 is 5.32 Å². The minimum absolute atomic E-state index is 0.549. The maximum atomic E-state index is 3.81. The summed E-state index contributed by atoms with van der Waals surface area (Å²) in [7, 11) is 3.46. The molecule has 8 heavy (non-hydrogen) atoms. The Morgan fingerprint density at radius 2 is 2.38 bits per heavy atom. The molecule has 0 atom stereocenters. The number of rotatable bonds is 1. The van der Waals surface area contributed by atoms with Crippen molar-refractivity contribution >= 4 is 5.95 Å². The van der Waals surface area contributed by atoms with Crippen LogP contribution in [-0.4, -0.2) is 27.3 Å². The van der Waals surface area contributed by atoms with Gasteiger partial charge >= 0.3 is 0 Å². The Bertz CT molecular complexity index is 168. The van der Waals surface area contributed by atoms with Crippen LogP contribution in [0.1, 0.15) is 0 Å². The molecule has 0 radical (unpaired) electrons. The number of nitrogens with zero attached hydrogens (tertiary/aromatic N) is 4. The lowest BCUT2D eigenvalue weighted by atomic mass is 11.0. The van der Waals surface area contributed by atoms with E-state index in [0.717, 1.165) is 0 Å². The van der Waals surface area contributed by atoms with Crippen molar-refractivity contribution in [2.24, 2.45) is 7.05 Å². The zero-order chi connectivity index (χ0) is 5.98. The molecule has 0 aliphatic heterocycles. The quantitative estimate of drug-likeness (QED) is 0.520. The first kappa shape index (κ1) is 5.02. The third-order valence-electron chi connectivity index (χ3n) is 0.732. The first-order valence-electron chi connectivity index (χ1n) is 2.24. The van der Waals surface area contributed by atoms with Gasteiger partial charge in [-0.15, -0.1) is 5.10 Å². The van der Waals surface area contributed by atoms with E-state index >= 15 is 0 Å². The van der Waals surface area contributed by atoms with E-state index in [1.165, 1.54) is 4.80 Å². The summed E-state index contributed by atoms with van der Waals surface area (Å²) in [5.74, 6) is 0.549. The fraction of sp³-hybridized carbons (Fsp3) is 0.667. The number of hydrogen-bond acceptors (Lipinski definition) is 4. The summed E-state index contributed by atoms with van der Waals surface area (Å²) in [6.45, 7) is 0. The molecule has 5 nitrogen and oxygen atoms in total. The molecule has 0 aliphatic rings. The number of aromatic nitrogens is 4. The SMILES string of the molecule is CNc1nnn(C)n1. The summed E-state index contributed by atoms with van der Waals surface area (Å²) in [5, 5.41) is 13.8. The Kier molecular flexibility index (Phi) is 1.11. The fourth-order valence-electron chi connectivity index (χ4n) is 0.384. The van der Waals surface area contributed by atoms with Gasteiger partial charge in [0, 0.05) is 7.05 Å². The van der Waals surface area contributed by atoms with Crippen LogP contribution in [0.2, 0.25) is 0 Å². The molecule has 0 aliphatic carbocycles. The third-order valence-corrected chi connectivity index (χ3v) is 0.732. The first-order chi connectivity index (χ1) is 3.83. The molecule has 1 rings (SSSR count). The summed E-state index contributed by atoms with van der Waals surface area (Å²) in [4.78, 5) is 1.39. The standard InChI is InChI=1S/C3H7N5/c1-4-3-5-7-8(2)6-3/h1-2H3,(H,4,6). The minimum Gasteiger partial charge on any atom is -0.355 e. The van der Waals surface area contributed by atoms with Crippen LogP contribution in [0.25, 0.3) is 0 Å². The van der Waals surface area contributed by atoms with Crippen molar-refractivity contribution in [1.82, 2.24) is 20.2 Å². The Morgan fingerprint density at radius 3 is 2.62 bits per heavy atom. The monoisotopic (exact) mass is 113 g/mol. The predicted molar refractivity (Wildman–Crippen MR) is 28.3 cm³/mol. The van der Waals surface area contributed by atoms with E-state index < -0.39 is 0 Å². The molecular weight excluding hydrogens is 106 g/mol. The van der Waals surface area contributed by atoms with Crippen LogP contribution >= 0.6 is 0 Å². The van der Waals surface area contributed by atoms with Gasteiger partial charge in [0.2, 0.25) is 0 Å². The second-order valence-corrected chi connectivity index (χ2v) is 1.35. The molecule has 0 spiro atoms. The largest absolute Gasteiger partial charge is 0.355 e. The lowest BCUT2D eigenvalue weighted by Crippen LogP contribution is -1.93. The molecule has 0 saturated carbocycles. The fourth-order valence-corrected chi connectivity index (χ4v) is 0.384. The molecule has 1 heterocycles. The molecule has 1 aromatic rings. The highest BCUT2D eigenvalue weighted by atomic mass is 15.6. The summed E-state index contributed by atoms with van der Waals surface area (Å²) < 4.78 is 0. The average molecular weight is 113 g/mol. The van der Waals surface area contributed by atoms with Crippen LogP contribution in [0.15, 0.2) is 0 Å². The van der Waals surface area contributed by atoms with Crippen LogP contribution in [0.5, 0.6) is 0 Å². The maximum absolute atomic E-state index is 3.81. The Morgan fingerprint density at radius 1 is 1.62 bits per heavy atom. The molecule has 0 aromatic carbocycles. The molecule has 0 amide bonds. The van der Waals surface area contributed by atoms with Gasteiger partial charge in [0.15, 0.2) is 0 Å². The maximum Gasteiger partial charge on any atom is 0.263 e. The normalized spacial score (nSPS) is 9.25. The van der Waals surface area contributed by atoms with E-state index in [1.807, 2.05) is 0 Å². The van der Waals surface area contributed by atoms with Gasteiger partial charge in [0.05, 0.1) is 7.05 Å². The highest BCUT2D eigenvalue weighted by molar-refractivity contribution is 5.16. The predicted octanol–water partition coefficient (Wildman–Crippen LogP) is -0.748. The van der Waals surface area contributed by atoms with E-state index in [9.17, 15) is 0 Å². The van der Waals surface area contributed by atoms with Crippen molar-refractivity contribution < 1.29 is 0 Å². The smallest absolute Gasteiger partial charge is 0.263 e. The number of aryl methyl sites for hydroxylation is 1. The molecule has 1 N–H and O–H groups in total. The lowest BCUT2D eigenvalue weighted by Gasteiger charge is -1.82. The van der Waals surface area contributed by atoms with Crippen molar-refractivity contribution in [3.63, 3.8) is 0 Å². The average Bonchev–Trinajstić information content (AvgIpc) is 2.14. The van der Waals surface area contributed by atoms with Crippen molar-refractivity contribution in [3.8, 4) is 0 Å². The number of tetrazole rings is 1. The Labute approximate surface area is 46.7 Å². The molecule has 0 unspecified atom stereocenters. The molecule has 44 valence electrons. The van der Waals surface area contributed by atoms with E-state index in [1.54, 1.807) is 14.1 Å². The number of nitrogens with one attached hydrogen (secondary N) is 1. The zero-order valence-corrected chi connectivity index (χ0v) is 4.79. The summed E-state index contributed by atoms with van der Waals surface area (Å²) in [6, 6.07) is 0. The Hall–Kier alpha value is -1.13. The van der Waals surface area contributed by atoms with Crippen LogP contribution in [-0.2, 0) is 7.05 Å². The molecule has 5 heteroatoms. The van der Waals surface area contributed by atoms with Crippen LogP contribution in [0.3, 0.4) is 0 Å². The van der Waals surface area contributed by atoms with Crippen molar-refractivity contribution in [2.45, 2.75) is 0 Å². The van der Waals surface area contributed by atoms with Gasteiger partial charge in [-0.2, -0.15) is 4.80 Å². The first-order valence-corrected chi connectivity index (χ1v) is 2.24. The molecule has 0 fully saturated rings. The summed E-state index contributed by atoms with van der Waals surface area (Å²) in [5.41, 5.74) is 0. The van der Waals surface area contributed by atoms with Crippen LogP contribution in [0.4, 0.5) is 5.95 Å².